The molecule has 0 radical (unpaired) electrons. The van der Waals surface area contributed by atoms with Gasteiger partial charge in [0.2, 0.25) is 5.91 Å². The van der Waals surface area contributed by atoms with Crippen molar-refractivity contribution in [3.8, 4) is 0 Å². The van der Waals surface area contributed by atoms with Crippen molar-refractivity contribution < 1.29 is 14.3 Å². The average molecular weight is 311 g/mol. The molecule has 21 heavy (non-hydrogen) atoms. The van der Waals surface area contributed by atoms with E-state index in [0.717, 1.165) is 12.0 Å². The first kappa shape index (κ1) is 15.8. The highest BCUT2D eigenvalue weighted by Crippen LogP contribution is 2.20. The van der Waals surface area contributed by atoms with Crippen LogP contribution < -0.4 is 0 Å². The molecule has 1 unspecified atom stereocenters. The predicted molar refractivity (Wildman–Crippen MR) is 78.6 cm³/mol. The first-order valence-electron chi connectivity index (χ1n) is 7.05. The smallest absolute Gasteiger partial charge is 0.329 e. The van der Waals surface area contributed by atoms with E-state index in [2.05, 4.69) is 4.98 Å². The lowest BCUT2D eigenvalue weighted by atomic mass is 10.0. The van der Waals surface area contributed by atoms with Crippen molar-refractivity contribution in [3.63, 3.8) is 0 Å². The molecular formula is C15H19ClN2O3. The Labute approximate surface area is 129 Å². The molecule has 0 aliphatic carbocycles. The van der Waals surface area contributed by atoms with E-state index in [1.165, 1.54) is 0 Å². The number of aromatic nitrogens is 1. The molecule has 0 aromatic carbocycles. The monoisotopic (exact) mass is 310 g/mol. The Morgan fingerprint density at radius 3 is 2.76 bits per heavy atom. The van der Waals surface area contributed by atoms with Gasteiger partial charge < -0.3 is 9.64 Å². The van der Waals surface area contributed by atoms with Crippen molar-refractivity contribution in [3.05, 3.63) is 29.0 Å². The Morgan fingerprint density at radius 1 is 1.48 bits per heavy atom. The molecular weight excluding hydrogens is 292 g/mol. The van der Waals surface area contributed by atoms with Crippen LogP contribution in [0.25, 0.3) is 0 Å². The summed E-state index contributed by atoms with van der Waals surface area (Å²) in [5.41, 5.74) is 0.767. The summed E-state index contributed by atoms with van der Waals surface area (Å²) < 4.78 is 5.34. The molecule has 1 aliphatic rings. The fourth-order valence-corrected chi connectivity index (χ4v) is 2.57. The summed E-state index contributed by atoms with van der Waals surface area (Å²) in [5.74, 6) is -0.322. The Balaban J connectivity index is 1.98. The van der Waals surface area contributed by atoms with Gasteiger partial charge in [-0.1, -0.05) is 31.5 Å². The second-order valence-corrected chi connectivity index (χ2v) is 5.86. The summed E-state index contributed by atoms with van der Waals surface area (Å²) >= 11 is 5.71. The molecule has 1 aliphatic heterocycles. The third kappa shape index (κ3) is 3.94. The number of esters is 1. The van der Waals surface area contributed by atoms with Crippen molar-refractivity contribution in [2.75, 3.05) is 6.54 Å². The first-order valence-corrected chi connectivity index (χ1v) is 7.43. The molecule has 114 valence electrons. The number of carbonyl (C=O) groups is 2. The molecule has 0 saturated carbocycles. The lowest BCUT2D eigenvalue weighted by molar-refractivity contribution is -0.156. The van der Waals surface area contributed by atoms with Crippen LogP contribution in [0.1, 0.15) is 32.3 Å². The number of halogens is 1. The molecule has 0 N–H and O–H groups in total. The molecule has 6 heteroatoms. The highest BCUT2D eigenvalue weighted by Gasteiger charge is 2.35. The lowest BCUT2D eigenvalue weighted by Crippen LogP contribution is -2.46. The summed E-state index contributed by atoms with van der Waals surface area (Å²) in [5, 5.41) is 0.396. The molecule has 1 fully saturated rings. The van der Waals surface area contributed by atoms with Crippen LogP contribution in [0.5, 0.6) is 0 Å². The minimum atomic E-state index is -0.514. The number of hydrogen-bond donors (Lipinski definition) is 0. The maximum absolute atomic E-state index is 12.3. The highest BCUT2D eigenvalue weighted by molar-refractivity contribution is 6.29. The zero-order valence-electron chi connectivity index (χ0n) is 12.2. The van der Waals surface area contributed by atoms with Gasteiger partial charge in [0.25, 0.3) is 0 Å². The van der Waals surface area contributed by atoms with Crippen LogP contribution in [0.15, 0.2) is 18.3 Å². The largest absolute Gasteiger partial charge is 0.459 e. The molecule has 2 heterocycles. The van der Waals surface area contributed by atoms with Crippen molar-refractivity contribution in [2.24, 2.45) is 5.92 Å². The zero-order chi connectivity index (χ0) is 15.4. The van der Waals surface area contributed by atoms with Crippen LogP contribution in [0.4, 0.5) is 0 Å². The SMILES string of the molecule is CC(C)C(C(=O)OCc1ccc(Cl)nc1)N1CCCC1=O. The van der Waals surface area contributed by atoms with Crippen molar-refractivity contribution in [1.29, 1.82) is 0 Å². The number of carbonyl (C=O) groups excluding carboxylic acids is 2. The lowest BCUT2D eigenvalue weighted by Gasteiger charge is -2.29. The fraction of sp³-hybridized carbons (Fsp3) is 0.533. The van der Waals surface area contributed by atoms with Crippen molar-refractivity contribution in [1.82, 2.24) is 9.88 Å². The van der Waals surface area contributed by atoms with E-state index < -0.39 is 6.04 Å². The quantitative estimate of drug-likeness (QED) is 0.619. The second-order valence-electron chi connectivity index (χ2n) is 5.48. The summed E-state index contributed by atoms with van der Waals surface area (Å²) in [4.78, 5) is 29.7. The predicted octanol–water partition coefficient (Wildman–Crippen LogP) is 2.43. The number of pyridine rings is 1. The number of nitrogens with zero attached hydrogens (tertiary/aromatic N) is 2. The van der Waals surface area contributed by atoms with Crippen LogP contribution in [0.3, 0.4) is 0 Å². The van der Waals surface area contributed by atoms with E-state index in [4.69, 9.17) is 16.3 Å². The van der Waals surface area contributed by atoms with Gasteiger partial charge in [0.15, 0.2) is 0 Å². The topological polar surface area (TPSA) is 59.5 Å². The van der Waals surface area contributed by atoms with Gasteiger partial charge >= 0.3 is 5.97 Å². The summed E-state index contributed by atoms with van der Waals surface area (Å²) in [6.07, 6.45) is 2.88. The van der Waals surface area contributed by atoms with E-state index in [1.807, 2.05) is 13.8 Å². The zero-order valence-corrected chi connectivity index (χ0v) is 13.0. The van der Waals surface area contributed by atoms with E-state index in [0.29, 0.717) is 18.1 Å². The summed E-state index contributed by atoms with van der Waals surface area (Å²) in [7, 11) is 0. The van der Waals surface area contributed by atoms with Crippen LogP contribution in [0, 0.1) is 5.92 Å². The average Bonchev–Trinajstić information content (AvgIpc) is 2.84. The second kappa shape index (κ2) is 6.89. The van der Waals surface area contributed by atoms with E-state index >= 15 is 0 Å². The van der Waals surface area contributed by atoms with Crippen molar-refractivity contribution in [2.45, 2.75) is 39.3 Å². The normalized spacial score (nSPS) is 16.4. The van der Waals surface area contributed by atoms with Crippen LogP contribution in [0.2, 0.25) is 5.15 Å². The number of amides is 1. The molecule has 1 aromatic heterocycles. The molecule has 1 amide bonds. The van der Waals surface area contributed by atoms with Crippen LogP contribution in [-0.4, -0.2) is 34.3 Å². The van der Waals surface area contributed by atoms with E-state index in [9.17, 15) is 9.59 Å². The van der Waals surface area contributed by atoms with Gasteiger partial charge in [0.1, 0.15) is 17.8 Å². The van der Waals surface area contributed by atoms with Crippen molar-refractivity contribution >= 4 is 23.5 Å². The Kier molecular flexibility index (Phi) is 5.17. The highest BCUT2D eigenvalue weighted by atomic mass is 35.5. The third-order valence-corrected chi connectivity index (χ3v) is 3.71. The van der Waals surface area contributed by atoms with Gasteiger partial charge in [-0.15, -0.1) is 0 Å². The molecule has 2 rings (SSSR count). The van der Waals surface area contributed by atoms with Gasteiger partial charge in [0.05, 0.1) is 0 Å². The Hall–Kier alpha value is -1.62. The molecule has 1 atom stereocenters. The molecule has 0 bridgehead atoms. The summed E-state index contributed by atoms with van der Waals surface area (Å²) in [6, 6.07) is 2.89. The van der Waals surface area contributed by atoms with E-state index in [-0.39, 0.29) is 24.4 Å². The molecule has 5 nitrogen and oxygen atoms in total. The van der Waals surface area contributed by atoms with Gasteiger partial charge in [-0.05, 0) is 18.4 Å². The van der Waals surface area contributed by atoms with Gasteiger partial charge in [0, 0.05) is 24.7 Å². The number of likely N-dealkylation sites (tertiary alicyclic amines) is 1. The maximum atomic E-state index is 12.3. The number of hydrogen-bond acceptors (Lipinski definition) is 4. The third-order valence-electron chi connectivity index (χ3n) is 3.49. The fourth-order valence-electron chi connectivity index (χ4n) is 2.45. The van der Waals surface area contributed by atoms with E-state index in [1.54, 1.807) is 23.2 Å². The van der Waals surface area contributed by atoms with Gasteiger partial charge in [-0.2, -0.15) is 0 Å². The van der Waals surface area contributed by atoms with Crippen LogP contribution in [-0.2, 0) is 20.9 Å². The molecule has 0 spiro atoms. The Bertz CT molecular complexity index is 516. The maximum Gasteiger partial charge on any atom is 0.329 e. The number of ether oxygens (including phenoxy) is 1. The first-order chi connectivity index (χ1) is 9.99. The van der Waals surface area contributed by atoms with Crippen LogP contribution >= 0.6 is 11.6 Å². The standard InChI is InChI=1S/C15H19ClN2O3/c1-10(2)14(18-7-3-4-13(18)19)15(20)21-9-11-5-6-12(16)17-8-11/h5-6,8,10,14H,3-4,7,9H2,1-2H3. The molecule has 1 saturated heterocycles. The summed E-state index contributed by atoms with van der Waals surface area (Å²) in [6.45, 7) is 4.59. The molecule has 1 aromatic rings. The van der Waals surface area contributed by atoms with Gasteiger partial charge in [-0.3, -0.25) is 4.79 Å². The minimum Gasteiger partial charge on any atom is -0.459 e. The Morgan fingerprint density at radius 2 is 2.24 bits per heavy atom. The minimum absolute atomic E-state index is 0.0166. The van der Waals surface area contributed by atoms with Gasteiger partial charge in [-0.25, -0.2) is 9.78 Å². The number of rotatable bonds is 5.